The lowest BCUT2D eigenvalue weighted by Gasteiger charge is -1.87. The van der Waals surface area contributed by atoms with Gasteiger partial charge < -0.3 is 0 Å². The summed E-state index contributed by atoms with van der Waals surface area (Å²) in [6.45, 7) is 6.23. The van der Waals surface area contributed by atoms with E-state index in [2.05, 4.69) is 11.6 Å². The molecule has 2 heteroatoms. The molecule has 0 saturated carbocycles. The van der Waals surface area contributed by atoms with Crippen molar-refractivity contribution in [1.29, 1.82) is 0 Å². The summed E-state index contributed by atoms with van der Waals surface area (Å²) in [6.07, 6.45) is 7.34. The Bertz CT molecular complexity index is 188. The fourth-order valence-corrected chi connectivity index (χ4v) is 0.618. The fraction of sp³-hybridized carbons (Fsp3) is 0.444. The third-order valence-electron chi connectivity index (χ3n) is 1.11. The summed E-state index contributed by atoms with van der Waals surface area (Å²) in [5.41, 5.74) is 1.05. The van der Waals surface area contributed by atoms with Gasteiger partial charge >= 0.3 is 0 Å². The number of rotatable bonds is 5. The molecule has 0 N–H and O–H groups in total. The Morgan fingerprint density at radius 2 is 2.45 bits per heavy atom. The Morgan fingerprint density at radius 3 is 3.00 bits per heavy atom. The van der Waals surface area contributed by atoms with Crippen molar-refractivity contribution in [2.45, 2.75) is 19.8 Å². The van der Waals surface area contributed by atoms with Crippen LogP contribution in [0.1, 0.15) is 19.8 Å². The van der Waals surface area contributed by atoms with Crippen molar-refractivity contribution in [1.82, 2.24) is 0 Å². The van der Waals surface area contributed by atoms with E-state index in [4.69, 9.17) is 0 Å². The average Bonchev–Trinajstić information content (AvgIpc) is 1.96. The van der Waals surface area contributed by atoms with Crippen LogP contribution in [-0.4, -0.2) is 12.6 Å². The summed E-state index contributed by atoms with van der Waals surface area (Å²) >= 11 is 0. The molecular formula is C9H13NO. The van der Waals surface area contributed by atoms with E-state index >= 15 is 0 Å². The van der Waals surface area contributed by atoms with Crippen LogP contribution in [-0.2, 0) is 4.79 Å². The van der Waals surface area contributed by atoms with Gasteiger partial charge in [-0.15, -0.1) is 0 Å². The van der Waals surface area contributed by atoms with Crippen LogP contribution in [0.3, 0.4) is 0 Å². The van der Waals surface area contributed by atoms with E-state index in [1.807, 2.05) is 19.1 Å². The zero-order valence-corrected chi connectivity index (χ0v) is 6.84. The number of unbranched alkanes of at least 4 members (excludes halogenated alkanes) is 1. The first-order valence-electron chi connectivity index (χ1n) is 3.63. The highest BCUT2D eigenvalue weighted by molar-refractivity contribution is 5.32. The fourth-order valence-electron chi connectivity index (χ4n) is 0.618. The molecule has 2 nitrogen and oxygen atoms in total. The van der Waals surface area contributed by atoms with Crippen LogP contribution in [0.2, 0.25) is 0 Å². The summed E-state index contributed by atoms with van der Waals surface area (Å²) in [4.78, 5) is 13.0. The maximum absolute atomic E-state index is 9.62. The van der Waals surface area contributed by atoms with Gasteiger partial charge in [0.15, 0.2) is 0 Å². The maximum atomic E-state index is 9.62. The van der Waals surface area contributed by atoms with E-state index in [0.29, 0.717) is 6.54 Å². The summed E-state index contributed by atoms with van der Waals surface area (Å²) in [6, 6.07) is 0. The number of carbonyl (C=O) groups excluding carboxylic acids is 1. The largest absolute Gasteiger partial charge is 0.234 e. The van der Waals surface area contributed by atoms with Crippen molar-refractivity contribution in [2.75, 3.05) is 6.54 Å². The zero-order valence-electron chi connectivity index (χ0n) is 6.84. The highest BCUT2D eigenvalue weighted by atomic mass is 16.1. The summed E-state index contributed by atoms with van der Waals surface area (Å²) in [7, 11) is 0. The molecule has 0 rings (SSSR count). The molecule has 0 spiro atoms. The van der Waals surface area contributed by atoms with Gasteiger partial charge in [0.2, 0.25) is 6.08 Å². The average molecular weight is 151 g/mol. The van der Waals surface area contributed by atoms with Gasteiger partial charge in [-0.05, 0) is 19.8 Å². The number of hydrogen-bond acceptors (Lipinski definition) is 2. The zero-order chi connectivity index (χ0) is 8.53. The van der Waals surface area contributed by atoms with E-state index in [1.165, 1.54) is 6.08 Å². The topological polar surface area (TPSA) is 29.4 Å². The number of aliphatic imine (C=N–C) groups is 1. The number of nitrogens with zero attached hydrogens (tertiary/aromatic N) is 1. The SMILES string of the molecule is C=C(C)/C=C/CCCN=C=O. The highest BCUT2D eigenvalue weighted by Crippen LogP contribution is 1.95. The predicted molar refractivity (Wildman–Crippen MR) is 46.2 cm³/mol. The molecule has 0 bridgehead atoms. The maximum Gasteiger partial charge on any atom is 0.234 e. The van der Waals surface area contributed by atoms with Gasteiger partial charge in [-0.3, -0.25) is 0 Å². The molecule has 0 aromatic heterocycles. The van der Waals surface area contributed by atoms with Crippen LogP contribution in [0.4, 0.5) is 0 Å². The van der Waals surface area contributed by atoms with Crippen molar-refractivity contribution in [3.8, 4) is 0 Å². The Balaban J connectivity index is 3.27. The molecule has 0 heterocycles. The molecule has 0 aliphatic carbocycles. The Labute approximate surface area is 67.3 Å². The highest BCUT2D eigenvalue weighted by Gasteiger charge is 1.80. The van der Waals surface area contributed by atoms with Crippen molar-refractivity contribution in [2.24, 2.45) is 4.99 Å². The van der Waals surface area contributed by atoms with Crippen LogP contribution in [0, 0.1) is 0 Å². The van der Waals surface area contributed by atoms with E-state index in [-0.39, 0.29) is 0 Å². The van der Waals surface area contributed by atoms with Crippen molar-refractivity contribution < 1.29 is 4.79 Å². The van der Waals surface area contributed by atoms with E-state index in [1.54, 1.807) is 0 Å². The Morgan fingerprint density at radius 1 is 1.73 bits per heavy atom. The van der Waals surface area contributed by atoms with E-state index in [9.17, 15) is 4.79 Å². The van der Waals surface area contributed by atoms with Crippen LogP contribution in [0.25, 0.3) is 0 Å². The van der Waals surface area contributed by atoms with Crippen LogP contribution in [0.5, 0.6) is 0 Å². The minimum Gasteiger partial charge on any atom is -0.211 e. The molecule has 0 aromatic rings. The lowest BCUT2D eigenvalue weighted by Crippen LogP contribution is -1.77. The van der Waals surface area contributed by atoms with Crippen molar-refractivity contribution in [3.05, 3.63) is 24.3 Å². The molecular weight excluding hydrogens is 138 g/mol. The molecule has 0 radical (unpaired) electrons. The van der Waals surface area contributed by atoms with Gasteiger partial charge in [0, 0.05) is 0 Å². The standard InChI is InChI=1S/C9H13NO/c1-9(2)6-4-3-5-7-10-8-11/h4,6H,1,3,5,7H2,2H3/b6-4+. The molecule has 0 unspecified atom stereocenters. The molecule has 0 amide bonds. The first-order valence-corrected chi connectivity index (χ1v) is 3.63. The second-order valence-corrected chi connectivity index (χ2v) is 2.36. The molecule has 0 aliphatic rings. The summed E-state index contributed by atoms with van der Waals surface area (Å²) in [5.74, 6) is 0. The van der Waals surface area contributed by atoms with Gasteiger partial charge in [-0.2, -0.15) is 0 Å². The van der Waals surface area contributed by atoms with Crippen molar-refractivity contribution in [3.63, 3.8) is 0 Å². The van der Waals surface area contributed by atoms with Crippen LogP contribution in [0.15, 0.2) is 29.3 Å². The van der Waals surface area contributed by atoms with Gasteiger partial charge in [-0.25, -0.2) is 9.79 Å². The number of allylic oxidation sites excluding steroid dienone is 3. The molecule has 60 valence electrons. The summed E-state index contributed by atoms with van der Waals surface area (Å²) < 4.78 is 0. The Kier molecular flexibility index (Phi) is 6.25. The van der Waals surface area contributed by atoms with Gasteiger partial charge in [0.1, 0.15) is 0 Å². The molecule has 0 atom stereocenters. The lowest BCUT2D eigenvalue weighted by atomic mass is 10.2. The number of isocyanates is 1. The minimum atomic E-state index is 0.573. The first kappa shape index (κ1) is 9.86. The van der Waals surface area contributed by atoms with Crippen LogP contribution >= 0.6 is 0 Å². The monoisotopic (exact) mass is 151 g/mol. The molecule has 0 aromatic carbocycles. The van der Waals surface area contributed by atoms with E-state index < -0.39 is 0 Å². The van der Waals surface area contributed by atoms with Crippen molar-refractivity contribution >= 4 is 6.08 Å². The van der Waals surface area contributed by atoms with Gasteiger partial charge in [0.05, 0.1) is 6.54 Å². The predicted octanol–water partition coefficient (Wildman–Crippen LogP) is 2.23. The quantitative estimate of drug-likeness (QED) is 0.256. The first-order chi connectivity index (χ1) is 5.27. The van der Waals surface area contributed by atoms with Gasteiger partial charge in [-0.1, -0.05) is 24.3 Å². The minimum absolute atomic E-state index is 0.573. The second-order valence-electron chi connectivity index (χ2n) is 2.36. The molecule has 11 heavy (non-hydrogen) atoms. The van der Waals surface area contributed by atoms with Crippen LogP contribution < -0.4 is 0 Å². The second kappa shape index (κ2) is 6.97. The molecule has 0 aliphatic heterocycles. The Hall–Kier alpha value is -1.14. The van der Waals surface area contributed by atoms with Gasteiger partial charge in [0.25, 0.3) is 0 Å². The third-order valence-corrected chi connectivity index (χ3v) is 1.11. The normalized spacial score (nSPS) is 9.55. The van der Waals surface area contributed by atoms with E-state index in [0.717, 1.165) is 18.4 Å². The smallest absolute Gasteiger partial charge is 0.211 e. The third kappa shape index (κ3) is 8.86. The summed E-state index contributed by atoms with van der Waals surface area (Å²) in [5, 5.41) is 0. The molecule has 0 fully saturated rings. The lowest BCUT2D eigenvalue weighted by molar-refractivity contribution is 0.562. The molecule has 0 saturated heterocycles. The number of hydrogen-bond donors (Lipinski definition) is 0.